The van der Waals surface area contributed by atoms with Crippen LogP contribution in [-0.2, 0) is 5.41 Å². The Hall–Kier alpha value is -8.51. The molecule has 70 heavy (non-hydrogen) atoms. The van der Waals surface area contributed by atoms with Gasteiger partial charge >= 0.3 is 0 Å². The van der Waals surface area contributed by atoms with Gasteiger partial charge < -0.3 is 24.0 Å². The molecule has 0 saturated heterocycles. The van der Waals surface area contributed by atoms with Gasteiger partial charge in [0.15, 0.2) is 0 Å². The first kappa shape index (κ1) is 44.0. The number of para-hydroxylation sites is 7. The molecule has 0 aliphatic carbocycles. The summed E-state index contributed by atoms with van der Waals surface area (Å²) in [6.45, 7) is 6.74. The molecule has 0 atom stereocenters. The van der Waals surface area contributed by atoms with Crippen LogP contribution >= 0.6 is 11.6 Å². The second kappa shape index (κ2) is 18.9. The molecule has 2 aromatic heterocycles. The fourth-order valence-corrected chi connectivity index (χ4v) is 9.57. The van der Waals surface area contributed by atoms with E-state index in [1.165, 1.54) is 11.1 Å². The summed E-state index contributed by atoms with van der Waals surface area (Å²) < 4.78 is 12.6. The Morgan fingerprint density at radius 3 is 1.30 bits per heavy atom. The Kier molecular flexibility index (Phi) is 11.9. The topological polar surface area (TPSA) is 44.8 Å². The largest absolute Gasteiger partial charge is 0.456 e. The quantitative estimate of drug-likeness (QED) is 0.156. The van der Waals surface area contributed by atoms with Gasteiger partial charge in [0.2, 0.25) is 0 Å². The van der Waals surface area contributed by atoms with E-state index in [1.807, 2.05) is 78.9 Å². The van der Waals surface area contributed by atoms with Crippen molar-refractivity contribution in [3.05, 3.63) is 253 Å². The molecule has 12 rings (SSSR count). The number of rotatable bonds is 9. The van der Waals surface area contributed by atoms with Crippen LogP contribution in [0.4, 0.5) is 45.5 Å². The minimum Gasteiger partial charge on any atom is -0.456 e. The lowest BCUT2D eigenvalue weighted by molar-refractivity contribution is 0.590. The molecular weight excluding hydrogens is 878 g/mol. The second-order valence-corrected chi connectivity index (χ2v) is 18.8. The Labute approximate surface area is 413 Å². The maximum Gasteiger partial charge on any atom is 0.139 e. The van der Waals surface area contributed by atoms with Crippen LogP contribution in [0.5, 0.6) is 0 Å². The summed E-state index contributed by atoms with van der Waals surface area (Å²) in [5.74, 6) is 0. The van der Waals surface area contributed by atoms with Gasteiger partial charge in [0, 0.05) is 67.6 Å². The SMILES string of the molecule is CC(C)(C)c1ccc(-c2ccccc2Nc2cc(N(c3ccccc3)c3ccccc3)c3c(c2)oc2ccccc23)cc1.Clc1cc(N(c2ccccc2)c2ccccc2)c2c(c1)oc1ccccc12. The first-order chi connectivity index (χ1) is 34.3. The highest BCUT2D eigenvalue weighted by molar-refractivity contribution is 6.32. The average Bonchev–Trinajstić information content (AvgIpc) is 3.96. The lowest BCUT2D eigenvalue weighted by atomic mass is 9.86. The molecule has 1 N–H and O–H groups in total. The van der Waals surface area contributed by atoms with Gasteiger partial charge in [-0.2, -0.15) is 0 Å². The lowest BCUT2D eigenvalue weighted by Crippen LogP contribution is -2.10. The van der Waals surface area contributed by atoms with Crippen LogP contribution in [-0.4, -0.2) is 0 Å². The number of halogens is 1. The van der Waals surface area contributed by atoms with Gasteiger partial charge in [0.05, 0.1) is 22.1 Å². The highest BCUT2D eigenvalue weighted by atomic mass is 35.5. The molecule has 0 aliphatic rings. The normalized spacial score (nSPS) is 11.4. The minimum absolute atomic E-state index is 0.109. The van der Waals surface area contributed by atoms with Gasteiger partial charge in [-0.1, -0.05) is 184 Å². The van der Waals surface area contributed by atoms with E-state index >= 15 is 0 Å². The Bertz CT molecular complexity index is 3650. The number of hydrogen-bond donors (Lipinski definition) is 1. The Morgan fingerprint density at radius 2 is 0.814 bits per heavy atom. The summed E-state index contributed by atoms with van der Waals surface area (Å²) >= 11 is 6.48. The standard InChI is InChI=1S/C40H34N2O.C24H16ClNO/c1-40(2,3)29-24-22-28(23-25-29)33-18-10-12-20-35(33)41-30-26-36(39-34-19-11-13-21-37(34)43-38(39)27-30)42(31-14-6-4-7-15-31)32-16-8-5-9-17-32;25-17-15-21(24-20-13-7-8-14-22(20)27-23(24)16-17)26(18-9-3-1-4-10-18)19-11-5-2-6-12-19/h4-27,41H,1-3H3;1-16H. The molecule has 340 valence electrons. The first-order valence-corrected chi connectivity index (χ1v) is 24.0. The van der Waals surface area contributed by atoms with Gasteiger partial charge in [-0.3, -0.25) is 0 Å². The van der Waals surface area contributed by atoms with E-state index in [1.54, 1.807) is 0 Å². The van der Waals surface area contributed by atoms with Crippen molar-refractivity contribution < 1.29 is 8.83 Å². The molecule has 5 nitrogen and oxygen atoms in total. The molecule has 0 amide bonds. The Morgan fingerprint density at radius 1 is 0.400 bits per heavy atom. The van der Waals surface area contributed by atoms with Crippen molar-refractivity contribution in [2.24, 2.45) is 0 Å². The fraction of sp³-hybridized carbons (Fsp3) is 0.0625. The van der Waals surface area contributed by atoms with Gasteiger partial charge in [-0.05, 0) is 95.4 Å². The summed E-state index contributed by atoms with van der Waals surface area (Å²) in [5, 5.41) is 8.72. The number of nitrogens with one attached hydrogen (secondary N) is 1. The van der Waals surface area contributed by atoms with Gasteiger partial charge in [0.1, 0.15) is 22.3 Å². The van der Waals surface area contributed by atoms with E-state index in [-0.39, 0.29) is 5.41 Å². The summed E-state index contributed by atoms with van der Waals surface area (Å²) in [6, 6.07) is 83.7. The number of fused-ring (bicyclic) bond motifs is 6. The Balaban J connectivity index is 0.000000169. The molecule has 0 saturated carbocycles. The number of furan rings is 2. The average molecular weight is 929 g/mol. The van der Waals surface area contributed by atoms with E-state index in [0.717, 1.165) is 94.9 Å². The van der Waals surface area contributed by atoms with Crippen LogP contribution < -0.4 is 15.1 Å². The maximum atomic E-state index is 6.49. The van der Waals surface area contributed by atoms with Crippen LogP contribution in [0.2, 0.25) is 5.02 Å². The van der Waals surface area contributed by atoms with E-state index < -0.39 is 0 Å². The third kappa shape index (κ3) is 8.75. The van der Waals surface area contributed by atoms with Gasteiger partial charge in [-0.15, -0.1) is 0 Å². The van der Waals surface area contributed by atoms with Gasteiger partial charge in [-0.25, -0.2) is 0 Å². The molecule has 10 aromatic carbocycles. The fourth-order valence-electron chi connectivity index (χ4n) is 9.37. The van der Waals surface area contributed by atoms with Crippen LogP contribution in [0.15, 0.2) is 251 Å². The van der Waals surface area contributed by atoms with Crippen molar-refractivity contribution >= 4 is 101 Å². The van der Waals surface area contributed by atoms with E-state index in [9.17, 15) is 0 Å². The van der Waals surface area contributed by atoms with Crippen LogP contribution in [0.25, 0.3) is 55.0 Å². The van der Waals surface area contributed by atoms with Gasteiger partial charge in [0.25, 0.3) is 0 Å². The smallest absolute Gasteiger partial charge is 0.139 e. The predicted molar refractivity (Wildman–Crippen MR) is 296 cm³/mol. The van der Waals surface area contributed by atoms with Crippen molar-refractivity contribution in [3.63, 3.8) is 0 Å². The number of nitrogens with zero attached hydrogens (tertiary/aromatic N) is 2. The summed E-state index contributed by atoms with van der Waals surface area (Å²) in [6.07, 6.45) is 0. The molecule has 0 spiro atoms. The van der Waals surface area contributed by atoms with Crippen molar-refractivity contribution in [2.75, 3.05) is 15.1 Å². The van der Waals surface area contributed by atoms with Crippen molar-refractivity contribution in [1.82, 2.24) is 0 Å². The predicted octanol–water partition coefficient (Wildman–Crippen LogP) is 19.5. The molecule has 12 aromatic rings. The van der Waals surface area contributed by atoms with Crippen LogP contribution in [0, 0.1) is 0 Å². The van der Waals surface area contributed by atoms with Crippen molar-refractivity contribution in [1.29, 1.82) is 0 Å². The lowest BCUT2D eigenvalue weighted by Gasteiger charge is -2.27. The van der Waals surface area contributed by atoms with E-state index in [4.69, 9.17) is 20.4 Å². The monoisotopic (exact) mass is 927 g/mol. The highest BCUT2D eigenvalue weighted by Crippen LogP contribution is 2.47. The molecule has 2 heterocycles. The summed E-state index contributed by atoms with van der Waals surface area (Å²) in [5.41, 5.74) is 15.5. The maximum absolute atomic E-state index is 6.49. The minimum atomic E-state index is 0.109. The zero-order valence-electron chi connectivity index (χ0n) is 39.2. The molecule has 0 unspecified atom stereocenters. The number of anilines is 8. The second-order valence-electron chi connectivity index (χ2n) is 18.4. The molecule has 0 aliphatic heterocycles. The number of hydrogen-bond acceptors (Lipinski definition) is 5. The molecule has 0 bridgehead atoms. The van der Waals surface area contributed by atoms with Crippen LogP contribution in [0.3, 0.4) is 0 Å². The highest BCUT2D eigenvalue weighted by Gasteiger charge is 2.23. The van der Waals surface area contributed by atoms with E-state index in [0.29, 0.717) is 5.02 Å². The molecule has 0 radical (unpaired) electrons. The molecule has 6 heteroatoms. The number of benzene rings is 10. The molecule has 0 fully saturated rings. The summed E-state index contributed by atoms with van der Waals surface area (Å²) in [4.78, 5) is 4.53. The van der Waals surface area contributed by atoms with Crippen molar-refractivity contribution in [3.8, 4) is 11.1 Å². The van der Waals surface area contributed by atoms with E-state index in [2.05, 4.69) is 200 Å². The zero-order valence-corrected chi connectivity index (χ0v) is 39.9. The third-order valence-electron chi connectivity index (χ3n) is 12.7. The zero-order chi connectivity index (χ0) is 47.6. The van der Waals surface area contributed by atoms with Crippen molar-refractivity contribution in [2.45, 2.75) is 26.2 Å². The van der Waals surface area contributed by atoms with Crippen LogP contribution in [0.1, 0.15) is 26.3 Å². The molecular formula is C64H50ClN3O2. The third-order valence-corrected chi connectivity index (χ3v) is 12.9. The first-order valence-electron chi connectivity index (χ1n) is 23.6. The summed E-state index contributed by atoms with van der Waals surface area (Å²) in [7, 11) is 0.